The Morgan fingerprint density at radius 1 is 1.14 bits per heavy atom. The standard InChI is InChI=1S/C17H18N2O3/c1-11-6-5-7-13(10-11)19-17(21)12(2)22-15-9-4-3-8-14(15)16(18)20/h3-10,12H,1-2H3,(H2,18,20)(H,19,21). The van der Waals surface area contributed by atoms with E-state index in [1.807, 2.05) is 25.1 Å². The maximum absolute atomic E-state index is 12.2. The van der Waals surface area contributed by atoms with Gasteiger partial charge in [0.05, 0.1) is 5.56 Å². The van der Waals surface area contributed by atoms with Crippen molar-refractivity contribution in [1.82, 2.24) is 0 Å². The molecule has 2 amide bonds. The predicted octanol–water partition coefficient (Wildman–Crippen LogP) is 2.50. The topological polar surface area (TPSA) is 81.4 Å². The first kappa shape index (κ1) is 15.6. The van der Waals surface area contributed by atoms with Crippen LogP contribution in [0.25, 0.3) is 0 Å². The number of carbonyl (C=O) groups is 2. The van der Waals surface area contributed by atoms with E-state index in [1.54, 1.807) is 37.3 Å². The monoisotopic (exact) mass is 298 g/mol. The predicted molar refractivity (Wildman–Crippen MR) is 84.9 cm³/mol. The molecule has 0 aliphatic rings. The van der Waals surface area contributed by atoms with Crippen LogP contribution in [-0.4, -0.2) is 17.9 Å². The highest BCUT2D eigenvalue weighted by molar-refractivity contribution is 5.96. The fourth-order valence-corrected chi connectivity index (χ4v) is 1.98. The molecule has 0 fully saturated rings. The lowest BCUT2D eigenvalue weighted by atomic mass is 10.2. The molecule has 114 valence electrons. The van der Waals surface area contributed by atoms with Crippen molar-refractivity contribution >= 4 is 17.5 Å². The summed E-state index contributed by atoms with van der Waals surface area (Å²) in [6, 6.07) is 14.0. The lowest BCUT2D eigenvalue weighted by Crippen LogP contribution is -2.30. The Morgan fingerprint density at radius 3 is 2.55 bits per heavy atom. The first-order valence-electron chi connectivity index (χ1n) is 6.90. The molecule has 0 heterocycles. The lowest BCUT2D eigenvalue weighted by Gasteiger charge is -2.16. The summed E-state index contributed by atoms with van der Waals surface area (Å²) in [7, 11) is 0. The molecule has 22 heavy (non-hydrogen) atoms. The highest BCUT2D eigenvalue weighted by Crippen LogP contribution is 2.19. The molecular weight excluding hydrogens is 280 g/mol. The van der Waals surface area contributed by atoms with Crippen LogP contribution in [0.2, 0.25) is 0 Å². The van der Waals surface area contributed by atoms with Crippen LogP contribution < -0.4 is 15.8 Å². The van der Waals surface area contributed by atoms with Gasteiger partial charge in [-0.3, -0.25) is 9.59 Å². The number of rotatable bonds is 5. The summed E-state index contributed by atoms with van der Waals surface area (Å²) in [5.41, 5.74) is 7.28. The van der Waals surface area contributed by atoms with Crippen molar-refractivity contribution in [2.24, 2.45) is 5.73 Å². The van der Waals surface area contributed by atoms with E-state index in [-0.39, 0.29) is 11.5 Å². The number of hydrogen-bond donors (Lipinski definition) is 2. The van der Waals surface area contributed by atoms with Gasteiger partial charge in [0.25, 0.3) is 11.8 Å². The number of amides is 2. The van der Waals surface area contributed by atoms with Crippen LogP contribution in [0.1, 0.15) is 22.8 Å². The molecular formula is C17H18N2O3. The summed E-state index contributed by atoms with van der Waals surface area (Å²) in [6.45, 7) is 3.56. The van der Waals surface area contributed by atoms with Gasteiger partial charge in [0.15, 0.2) is 6.10 Å². The number of aryl methyl sites for hydroxylation is 1. The number of anilines is 1. The minimum Gasteiger partial charge on any atom is -0.480 e. The average molecular weight is 298 g/mol. The third-order valence-corrected chi connectivity index (χ3v) is 3.11. The number of benzene rings is 2. The van der Waals surface area contributed by atoms with Crippen molar-refractivity contribution in [3.05, 3.63) is 59.7 Å². The summed E-state index contributed by atoms with van der Waals surface area (Å²) < 4.78 is 5.56. The van der Waals surface area contributed by atoms with E-state index in [2.05, 4.69) is 5.32 Å². The Labute approximate surface area is 129 Å². The normalized spacial score (nSPS) is 11.5. The summed E-state index contributed by atoms with van der Waals surface area (Å²) in [4.78, 5) is 23.5. The Balaban J connectivity index is 2.07. The number of nitrogens with one attached hydrogen (secondary N) is 1. The van der Waals surface area contributed by atoms with Crippen LogP contribution >= 0.6 is 0 Å². The molecule has 3 N–H and O–H groups in total. The molecule has 0 aromatic heterocycles. The van der Waals surface area contributed by atoms with E-state index >= 15 is 0 Å². The van der Waals surface area contributed by atoms with Gasteiger partial charge >= 0.3 is 0 Å². The van der Waals surface area contributed by atoms with Crippen LogP contribution in [0.15, 0.2) is 48.5 Å². The van der Waals surface area contributed by atoms with Gasteiger partial charge < -0.3 is 15.8 Å². The number of nitrogens with two attached hydrogens (primary N) is 1. The molecule has 1 unspecified atom stereocenters. The molecule has 1 atom stereocenters. The molecule has 0 saturated carbocycles. The quantitative estimate of drug-likeness (QED) is 0.889. The van der Waals surface area contributed by atoms with Crippen molar-refractivity contribution in [3.63, 3.8) is 0 Å². The molecule has 5 nitrogen and oxygen atoms in total. The molecule has 0 aliphatic heterocycles. The van der Waals surface area contributed by atoms with Gasteiger partial charge in [-0.15, -0.1) is 0 Å². The zero-order valence-corrected chi connectivity index (χ0v) is 12.5. The largest absolute Gasteiger partial charge is 0.480 e. The first-order valence-corrected chi connectivity index (χ1v) is 6.90. The molecule has 0 aliphatic carbocycles. The van der Waals surface area contributed by atoms with E-state index in [0.29, 0.717) is 11.4 Å². The Hall–Kier alpha value is -2.82. The maximum atomic E-state index is 12.2. The Morgan fingerprint density at radius 2 is 1.86 bits per heavy atom. The van der Waals surface area contributed by atoms with Gasteiger partial charge in [-0.05, 0) is 43.7 Å². The molecule has 0 bridgehead atoms. The second kappa shape index (κ2) is 6.76. The fraction of sp³-hybridized carbons (Fsp3) is 0.176. The van der Waals surface area contributed by atoms with Crippen molar-refractivity contribution < 1.29 is 14.3 Å². The van der Waals surface area contributed by atoms with Crippen molar-refractivity contribution in [3.8, 4) is 5.75 Å². The van der Waals surface area contributed by atoms with Crippen LogP contribution in [0.4, 0.5) is 5.69 Å². The minimum atomic E-state index is -0.763. The SMILES string of the molecule is Cc1cccc(NC(=O)C(C)Oc2ccccc2C(N)=O)c1. The van der Waals surface area contributed by atoms with Gasteiger partial charge in [-0.25, -0.2) is 0 Å². The lowest BCUT2D eigenvalue weighted by molar-refractivity contribution is -0.122. The number of primary amides is 1. The summed E-state index contributed by atoms with van der Waals surface area (Å²) in [5.74, 6) is -0.603. The van der Waals surface area contributed by atoms with E-state index < -0.39 is 12.0 Å². The third kappa shape index (κ3) is 3.85. The van der Waals surface area contributed by atoms with Gasteiger partial charge in [0.1, 0.15) is 5.75 Å². The number of para-hydroxylation sites is 1. The second-order valence-corrected chi connectivity index (χ2v) is 4.98. The molecule has 5 heteroatoms. The van der Waals surface area contributed by atoms with Gasteiger partial charge in [-0.2, -0.15) is 0 Å². The summed E-state index contributed by atoms with van der Waals surface area (Å²) >= 11 is 0. The van der Waals surface area contributed by atoms with Gasteiger partial charge in [0.2, 0.25) is 0 Å². The zero-order valence-electron chi connectivity index (χ0n) is 12.5. The molecule has 0 saturated heterocycles. The highest BCUT2D eigenvalue weighted by Gasteiger charge is 2.18. The Bertz CT molecular complexity index is 698. The maximum Gasteiger partial charge on any atom is 0.265 e. The average Bonchev–Trinajstić information content (AvgIpc) is 2.47. The Kier molecular flexibility index (Phi) is 4.78. The first-order chi connectivity index (χ1) is 10.5. The summed E-state index contributed by atoms with van der Waals surface area (Å²) in [6.07, 6.45) is -0.763. The molecule has 0 spiro atoms. The van der Waals surface area contributed by atoms with Gasteiger partial charge in [-0.1, -0.05) is 24.3 Å². The number of hydrogen-bond acceptors (Lipinski definition) is 3. The van der Waals surface area contributed by atoms with E-state index in [9.17, 15) is 9.59 Å². The van der Waals surface area contributed by atoms with Crippen LogP contribution in [-0.2, 0) is 4.79 Å². The molecule has 2 aromatic rings. The third-order valence-electron chi connectivity index (χ3n) is 3.11. The van der Waals surface area contributed by atoms with Crippen molar-refractivity contribution in [2.75, 3.05) is 5.32 Å². The molecule has 2 aromatic carbocycles. The summed E-state index contributed by atoms with van der Waals surface area (Å²) in [5, 5.41) is 2.77. The van der Waals surface area contributed by atoms with E-state index in [0.717, 1.165) is 5.56 Å². The zero-order chi connectivity index (χ0) is 16.1. The number of ether oxygens (including phenoxy) is 1. The van der Waals surface area contributed by atoms with Crippen molar-refractivity contribution in [1.29, 1.82) is 0 Å². The molecule has 0 radical (unpaired) electrons. The fourth-order valence-electron chi connectivity index (χ4n) is 1.98. The van der Waals surface area contributed by atoms with E-state index in [1.165, 1.54) is 0 Å². The smallest absolute Gasteiger partial charge is 0.265 e. The van der Waals surface area contributed by atoms with E-state index in [4.69, 9.17) is 10.5 Å². The van der Waals surface area contributed by atoms with Crippen LogP contribution in [0, 0.1) is 6.92 Å². The highest BCUT2D eigenvalue weighted by atomic mass is 16.5. The van der Waals surface area contributed by atoms with Crippen LogP contribution in [0.5, 0.6) is 5.75 Å². The molecule has 2 rings (SSSR count). The number of carbonyl (C=O) groups excluding carboxylic acids is 2. The van der Waals surface area contributed by atoms with Gasteiger partial charge in [0, 0.05) is 5.69 Å². The van der Waals surface area contributed by atoms with Crippen LogP contribution in [0.3, 0.4) is 0 Å². The van der Waals surface area contributed by atoms with Crippen molar-refractivity contribution in [2.45, 2.75) is 20.0 Å². The minimum absolute atomic E-state index is 0.248. The second-order valence-electron chi connectivity index (χ2n) is 4.98.